The maximum absolute atomic E-state index is 13.4. The highest BCUT2D eigenvalue weighted by atomic mass is 16.5. The number of methoxy groups -OCH3 is 1. The molecule has 3 aliphatic rings. The number of hydrogen-bond donors (Lipinski definition) is 1. The Hall–Kier alpha value is -2.57. The van der Waals surface area contributed by atoms with Gasteiger partial charge in [0.1, 0.15) is 17.8 Å². The Balaban J connectivity index is 1.52. The second-order valence-electron chi connectivity index (χ2n) is 8.65. The molecule has 4 rings (SSSR count). The number of ether oxygens (including phenoxy) is 1. The number of fused-ring (bicyclic) bond motifs is 1. The van der Waals surface area contributed by atoms with Gasteiger partial charge < -0.3 is 15.0 Å². The van der Waals surface area contributed by atoms with Crippen LogP contribution in [0.15, 0.2) is 24.3 Å². The van der Waals surface area contributed by atoms with Crippen molar-refractivity contribution in [2.75, 3.05) is 20.2 Å². The van der Waals surface area contributed by atoms with E-state index >= 15 is 0 Å². The van der Waals surface area contributed by atoms with Crippen LogP contribution in [0, 0.1) is 5.92 Å². The van der Waals surface area contributed by atoms with Crippen molar-refractivity contribution in [1.82, 2.24) is 15.1 Å². The predicted octanol–water partition coefficient (Wildman–Crippen LogP) is 3.03. The maximum atomic E-state index is 13.4. The average Bonchev–Trinajstić information content (AvgIpc) is 3.03. The first-order valence-corrected chi connectivity index (χ1v) is 11.1. The quantitative estimate of drug-likeness (QED) is 0.753. The normalized spacial score (nSPS) is 28.9. The third-order valence-corrected chi connectivity index (χ3v) is 7.15. The molecule has 162 valence electrons. The number of hydrogen-bond acceptors (Lipinski definition) is 4. The molecule has 2 aliphatic heterocycles. The van der Waals surface area contributed by atoms with Crippen LogP contribution in [0.25, 0.3) is 0 Å². The maximum Gasteiger partial charge on any atom is 0.325 e. The summed E-state index contributed by atoms with van der Waals surface area (Å²) in [6.45, 7) is 2.40. The number of piperidine rings is 1. The number of carbonyl (C=O) groups excluding carboxylic acids is 3. The lowest BCUT2D eigenvalue weighted by Gasteiger charge is -2.44. The van der Waals surface area contributed by atoms with Gasteiger partial charge in [0, 0.05) is 12.6 Å². The molecule has 3 atom stereocenters. The van der Waals surface area contributed by atoms with E-state index in [4.69, 9.17) is 4.74 Å². The van der Waals surface area contributed by atoms with E-state index in [1.807, 2.05) is 11.8 Å². The van der Waals surface area contributed by atoms with Gasteiger partial charge in [0.15, 0.2) is 0 Å². The summed E-state index contributed by atoms with van der Waals surface area (Å²) in [6.07, 6.45) is 7.16. The Morgan fingerprint density at radius 3 is 2.53 bits per heavy atom. The Morgan fingerprint density at radius 2 is 1.83 bits per heavy atom. The molecule has 0 unspecified atom stereocenters. The number of urea groups is 1. The number of imide groups is 1. The van der Waals surface area contributed by atoms with Crippen LogP contribution in [0.3, 0.4) is 0 Å². The van der Waals surface area contributed by atoms with Gasteiger partial charge in [-0.15, -0.1) is 0 Å². The molecule has 4 amide bonds. The van der Waals surface area contributed by atoms with Crippen molar-refractivity contribution < 1.29 is 19.1 Å². The molecule has 3 fully saturated rings. The minimum Gasteiger partial charge on any atom is -0.497 e. The third-order valence-electron chi connectivity index (χ3n) is 7.15. The molecule has 1 aromatic rings. The number of amides is 4. The van der Waals surface area contributed by atoms with Crippen molar-refractivity contribution in [3.8, 4) is 5.75 Å². The summed E-state index contributed by atoms with van der Waals surface area (Å²) >= 11 is 0. The van der Waals surface area contributed by atoms with E-state index in [0.717, 1.165) is 30.7 Å². The number of nitrogens with one attached hydrogen (secondary N) is 1. The van der Waals surface area contributed by atoms with Gasteiger partial charge >= 0.3 is 6.03 Å². The molecule has 2 saturated heterocycles. The van der Waals surface area contributed by atoms with E-state index in [0.29, 0.717) is 23.7 Å². The molecule has 7 nitrogen and oxygen atoms in total. The van der Waals surface area contributed by atoms with Crippen molar-refractivity contribution in [2.45, 2.75) is 63.5 Å². The highest BCUT2D eigenvalue weighted by Crippen LogP contribution is 2.36. The standard InChI is InChI=1S/C23H31N3O4/c1-3-23(17-10-12-18(30-2)13-11-17)21(28)26(22(29)24-23)15-20(27)25-14-6-8-16-7-4-5-9-19(16)25/h10-13,16,19H,3-9,14-15H2,1-2H3,(H,24,29)/t16-,19+,23+/m1/s1. The summed E-state index contributed by atoms with van der Waals surface area (Å²) in [4.78, 5) is 42.3. The summed E-state index contributed by atoms with van der Waals surface area (Å²) in [5.74, 6) is 0.775. The lowest BCUT2D eigenvalue weighted by molar-refractivity contribution is -0.143. The molecular formula is C23H31N3O4. The van der Waals surface area contributed by atoms with E-state index < -0.39 is 11.6 Å². The highest BCUT2D eigenvalue weighted by molar-refractivity contribution is 6.09. The zero-order valence-electron chi connectivity index (χ0n) is 17.9. The summed E-state index contributed by atoms with van der Waals surface area (Å²) < 4.78 is 5.20. The Kier molecular flexibility index (Phi) is 5.71. The fourth-order valence-corrected chi connectivity index (χ4v) is 5.45. The van der Waals surface area contributed by atoms with Crippen molar-refractivity contribution in [1.29, 1.82) is 0 Å². The molecule has 1 aliphatic carbocycles. The number of likely N-dealkylation sites (tertiary alicyclic amines) is 1. The van der Waals surface area contributed by atoms with Gasteiger partial charge in [-0.3, -0.25) is 14.5 Å². The van der Waals surface area contributed by atoms with Crippen LogP contribution in [0.2, 0.25) is 0 Å². The zero-order chi connectivity index (χ0) is 21.3. The van der Waals surface area contributed by atoms with Gasteiger partial charge in [0.25, 0.3) is 5.91 Å². The average molecular weight is 414 g/mol. The Bertz CT molecular complexity index is 822. The molecule has 0 radical (unpaired) electrons. The van der Waals surface area contributed by atoms with E-state index in [-0.39, 0.29) is 24.4 Å². The summed E-state index contributed by atoms with van der Waals surface area (Å²) in [5, 5.41) is 2.86. The molecule has 2 heterocycles. The van der Waals surface area contributed by atoms with Crippen LogP contribution in [-0.4, -0.2) is 53.9 Å². The minimum atomic E-state index is -1.14. The van der Waals surface area contributed by atoms with Gasteiger partial charge in [-0.25, -0.2) is 4.79 Å². The first-order chi connectivity index (χ1) is 14.5. The lowest BCUT2D eigenvalue weighted by Crippen LogP contribution is -2.53. The van der Waals surface area contributed by atoms with E-state index in [1.54, 1.807) is 31.4 Å². The molecule has 0 spiro atoms. The van der Waals surface area contributed by atoms with Crippen molar-refractivity contribution in [3.63, 3.8) is 0 Å². The molecule has 0 aromatic heterocycles. The van der Waals surface area contributed by atoms with Crippen LogP contribution in [-0.2, 0) is 15.1 Å². The van der Waals surface area contributed by atoms with E-state index in [1.165, 1.54) is 19.3 Å². The van der Waals surface area contributed by atoms with Gasteiger partial charge in [-0.2, -0.15) is 0 Å². The third kappa shape index (κ3) is 3.44. The molecule has 1 N–H and O–H groups in total. The highest BCUT2D eigenvalue weighted by Gasteiger charge is 2.52. The predicted molar refractivity (Wildman–Crippen MR) is 112 cm³/mol. The molecule has 1 aromatic carbocycles. The van der Waals surface area contributed by atoms with Gasteiger partial charge in [0.2, 0.25) is 5.91 Å². The van der Waals surface area contributed by atoms with Gasteiger partial charge in [-0.05, 0) is 55.7 Å². The smallest absolute Gasteiger partial charge is 0.325 e. The largest absolute Gasteiger partial charge is 0.497 e. The van der Waals surface area contributed by atoms with Crippen LogP contribution in [0.5, 0.6) is 5.75 Å². The molecule has 0 bridgehead atoms. The van der Waals surface area contributed by atoms with Crippen LogP contribution >= 0.6 is 0 Å². The van der Waals surface area contributed by atoms with Crippen molar-refractivity contribution >= 4 is 17.8 Å². The van der Waals surface area contributed by atoms with E-state index in [9.17, 15) is 14.4 Å². The second-order valence-corrected chi connectivity index (χ2v) is 8.65. The van der Waals surface area contributed by atoms with Crippen molar-refractivity contribution in [3.05, 3.63) is 29.8 Å². The van der Waals surface area contributed by atoms with Crippen LogP contribution in [0.1, 0.15) is 57.4 Å². The van der Waals surface area contributed by atoms with Crippen LogP contribution < -0.4 is 10.1 Å². The van der Waals surface area contributed by atoms with Crippen molar-refractivity contribution in [2.24, 2.45) is 5.92 Å². The van der Waals surface area contributed by atoms with E-state index in [2.05, 4.69) is 5.32 Å². The number of carbonyl (C=O) groups is 3. The summed E-state index contributed by atoms with van der Waals surface area (Å²) in [6, 6.07) is 6.90. The fraction of sp³-hybridized carbons (Fsp3) is 0.609. The minimum absolute atomic E-state index is 0.114. The lowest BCUT2D eigenvalue weighted by atomic mass is 9.78. The number of rotatable bonds is 5. The first-order valence-electron chi connectivity index (χ1n) is 11.1. The van der Waals surface area contributed by atoms with Gasteiger partial charge in [-0.1, -0.05) is 31.9 Å². The summed E-state index contributed by atoms with van der Waals surface area (Å²) in [7, 11) is 1.58. The molecule has 30 heavy (non-hydrogen) atoms. The topological polar surface area (TPSA) is 79.0 Å². The Labute approximate surface area is 177 Å². The fourth-order valence-electron chi connectivity index (χ4n) is 5.45. The Morgan fingerprint density at radius 1 is 1.13 bits per heavy atom. The summed E-state index contributed by atoms with van der Waals surface area (Å²) in [5.41, 5.74) is -0.441. The first kappa shape index (κ1) is 20.7. The number of benzene rings is 1. The molecule has 7 heteroatoms. The molecule has 1 saturated carbocycles. The second kappa shape index (κ2) is 8.28. The zero-order valence-corrected chi connectivity index (χ0v) is 17.9. The number of nitrogens with zero attached hydrogens (tertiary/aromatic N) is 2. The monoisotopic (exact) mass is 413 g/mol. The molecular weight excluding hydrogens is 382 g/mol. The van der Waals surface area contributed by atoms with Crippen LogP contribution in [0.4, 0.5) is 4.79 Å². The SMILES string of the molecule is CC[C@@]1(c2ccc(OC)cc2)NC(=O)N(CC(=O)N2CCC[C@H]3CCCC[C@@H]32)C1=O. The van der Waals surface area contributed by atoms with Gasteiger partial charge in [0.05, 0.1) is 7.11 Å².